The van der Waals surface area contributed by atoms with Crippen LogP contribution in [-0.2, 0) is 9.53 Å². The van der Waals surface area contributed by atoms with Crippen molar-refractivity contribution in [3.8, 4) is 0 Å². The van der Waals surface area contributed by atoms with Crippen LogP contribution in [0.5, 0.6) is 0 Å². The normalized spacial score (nSPS) is 29.2. The van der Waals surface area contributed by atoms with Crippen molar-refractivity contribution >= 4 is 5.91 Å². The fourth-order valence-electron chi connectivity index (χ4n) is 2.51. The fourth-order valence-corrected chi connectivity index (χ4v) is 2.51. The van der Waals surface area contributed by atoms with Gasteiger partial charge in [0.15, 0.2) is 0 Å². The van der Waals surface area contributed by atoms with E-state index in [-0.39, 0.29) is 12.5 Å². The van der Waals surface area contributed by atoms with E-state index >= 15 is 0 Å². The minimum absolute atomic E-state index is 0.176. The first-order chi connectivity index (χ1) is 7.79. The zero-order valence-electron chi connectivity index (χ0n) is 10.1. The molecule has 1 aliphatic carbocycles. The largest absolute Gasteiger partial charge is 0.368 e. The van der Waals surface area contributed by atoms with Crippen LogP contribution in [0.25, 0.3) is 0 Å². The topological polar surface area (TPSA) is 41.6 Å². The van der Waals surface area contributed by atoms with Crippen molar-refractivity contribution in [2.24, 2.45) is 5.92 Å². The average molecular weight is 226 g/mol. The molecule has 2 fully saturated rings. The van der Waals surface area contributed by atoms with E-state index in [0.29, 0.717) is 6.10 Å². The van der Waals surface area contributed by atoms with Crippen LogP contribution in [0.15, 0.2) is 0 Å². The second-order valence-corrected chi connectivity index (χ2v) is 4.92. The molecule has 2 rings (SSSR count). The fraction of sp³-hybridized carbons (Fsp3) is 0.917. The molecule has 0 aromatic rings. The van der Waals surface area contributed by atoms with Gasteiger partial charge in [0.2, 0.25) is 5.91 Å². The molecule has 1 amide bonds. The summed E-state index contributed by atoms with van der Waals surface area (Å²) in [5, 5.41) is 3.17. The second kappa shape index (κ2) is 5.64. The molecule has 1 N–H and O–H groups in total. The number of hydrogen-bond donors (Lipinski definition) is 1. The van der Waals surface area contributed by atoms with E-state index < -0.39 is 0 Å². The Morgan fingerprint density at radius 1 is 1.38 bits per heavy atom. The maximum Gasteiger partial charge on any atom is 0.248 e. The molecule has 1 saturated heterocycles. The molecule has 1 heterocycles. The van der Waals surface area contributed by atoms with Gasteiger partial charge in [-0.25, -0.2) is 0 Å². The van der Waals surface area contributed by atoms with E-state index in [4.69, 9.17) is 4.74 Å². The first kappa shape index (κ1) is 11.9. The minimum Gasteiger partial charge on any atom is -0.368 e. The number of nitrogens with one attached hydrogen (secondary N) is 1. The van der Waals surface area contributed by atoms with Crippen molar-refractivity contribution in [3.05, 3.63) is 0 Å². The van der Waals surface area contributed by atoms with Crippen molar-refractivity contribution in [1.29, 1.82) is 0 Å². The maximum absolute atomic E-state index is 11.7. The molecule has 0 unspecified atom stereocenters. The monoisotopic (exact) mass is 226 g/mol. The highest BCUT2D eigenvalue weighted by atomic mass is 16.5. The summed E-state index contributed by atoms with van der Waals surface area (Å²) in [5.41, 5.74) is 0. The summed E-state index contributed by atoms with van der Waals surface area (Å²) in [5.74, 6) is 0.923. The van der Waals surface area contributed by atoms with Gasteiger partial charge in [-0.05, 0) is 45.2 Å². The number of amides is 1. The van der Waals surface area contributed by atoms with Crippen molar-refractivity contribution < 1.29 is 9.53 Å². The standard InChI is InChI=1S/C12H22N2O2/c1-13-8-10-6-11(7-10)16-9-12(15)14-4-2-3-5-14/h10-11,13H,2-9H2,1H3. The summed E-state index contributed by atoms with van der Waals surface area (Å²) in [6.07, 6.45) is 4.84. The number of rotatable bonds is 5. The van der Waals surface area contributed by atoms with Crippen LogP contribution in [-0.4, -0.2) is 50.2 Å². The smallest absolute Gasteiger partial charge is 0.248 e. The Morgan fingerprint density at radius 3 is 2.69 bits per heavy atom. The van der Waals surface area contributed by atoms with E-state index in [1.165, 1.54) is 0 Å². The van der Waals surface area contributed by atoms with Gasteiger partial charge in [0.1, 0.15) is 6.61 Å². The highest BCUT2D eigenvalue weighted by Gasteiger charge is 2.30. The third-order valence-corrected chi connectivity index (χ3v) is 3.59. The predicted octanol–water partition coefficient (Wildman–Crippen LogP) is 0.623. The van der Waals surface area contributed by atoms with Gasteiger partial charge in [0, 0.05) is 13.1 Å². The lowest BCUT2D eigenvalue weighted by molar-refractivity contribution is -0.140. The van der Waals surface area contributed by atoms with Crippen molar-refractivity contribution in [1.82, 2.24) is 10.2 Å². The lowest BCUT2D eigenvalue weighted by atomic mass is 9.82. The molecule has 0 bridgehead atoms. The molecule has 1 saturated carbocycles. The Hall–Kier alpha value is -0.610. The van der Waals surface area contributed by atoms with Crippen LogP contribution >= 0.6 is 0 Å². The van der Waals surface area contributed by atoms with Crippen LogP contribution < -0.4 is 5.32 Å². The Bertz CT molecular complexity index is 233. The summed E-state index contributed by atoms with van der Waals surface area (Å²) in [7, 11) is 1.98. The molecule has 0 aromatic carbocycles. The quantitative estimate of drug-likeness (QED) is 0.747. The molecule has 0 radical (unpaired) electrons. The maximum atomic E-state index is 11.7. The Balaban J connectivity index is 1.56. The molecular formula is C12H22N2O2. The van der Waals surface area contributed by atoms with Crippen molar-refractivity contribution in [2.45, 2.75) is 31.8 Å². The first-order valence-electron chi connectivity index (χ1n) is 6.33. The third kappa shape index (κ3) is 2.95. The van der Waals surface area contributed by atoms with Gasteiger partial charge < -0.3 is 15.0 Å². The van der Waals surface area contributed by atoms with Crippen molar-refractivity contribution in [2.75, 3.05) is 33.3 Å². The van der Waals surface area contributed by atoms with E-state index in [2.05, 4.69) is 5.32 Å². The van der Waals surface area contributed by atoms with Gasteiger partial charge >= 0.3 is 0 Å². The molecule has 16 heavy (non-hydrogen) atoms. The van der Waals surface area contributed by atoms with Gasteiger partial charge in [0.05, 0.1) is 6.10 Å². The van der Waals surface area contributed by atoms with Gasteiger partial charge in [-0.15, -0.1) is 0 Å². The summed E-state index contributed by atoms with van der Waals surface area (Å²) in [6, 6.07) is 0. The molecule has 0 spiro atoms. The van der Waals surface area contributed by atoms with Gasteiger partial charge in [-0.2, -0.15) is 0 Å². The molecule has 2 aliphatic rings. The number of carbonyl (C=O) groups excluding carboxylic acids is 1. The summed E-state index contributed by atoms with van der Waals surface area (Å²) >= 11 is 0. The van der Waals surface area contributed by atoms with Crippen LogP contribution in [0.1, 0.15) is 25.7 Å². The zero-order valence-corrected chi connectivity index (χ0v) is 10.1. The summed E-state index contributed by atoms with van der Waals surface area (Å²) in [4.78, 5) is 13.6. The number of carbonyl (C=O) groups is 1. The lowest BCUT2D eigenvalue weighted by Gasteiger charge is -2.35. The molecule has 1 aliphatic heterocycles. The molecule has 92 valence electrons. The third-order valence-electron chi connectivity index (χ3n) is 3.59. The number of hydrogen-bond acceptors (Lipinski definition) is 3. The van der Waals surface area contributed by atoms with Crippen LogP contribution in [0.2, 0.25) is 0 Å². The second-order valence-electron chi connectivity index (χ2n) is 4.92. The number of likely N-dealkylation sites (tertiary alicyclic amines) is 1. The Labute approximate surface area is 97.3 Å². The molecule has 4 heteroatoms. The van der Waals surface area contributed by atoms with E-state index in [9.17, 15) is 4.79 Å². The Morgan fingerprint density at radius 2 is 2.06 bits per heavy atom. The van der Waals surface area contributed by atoms with E-state index in [0.717, 1.165) is 51.2 Å². The molecule has 4 nitrogen and oxygen atoms in total. The average Bonchev–Trinajstić information content (AvgIpc) is 2.74. The number of nitrogens with zero attached hydrogens (tertiary/aromatic N) is 1. The molecular weight excluding hydrogens is 204 g/mol. The summed E-state index contributed by atoms with van der Waals surface area (Å²) < 4.78 is 5.61. The molecule has 0 atom stereocenters. The zero-order chi connectivity index (χ0) is 11.4. The lowest BCUT2D eigenvalue weighted by Crippen LogP contribution is -2.39. The summed E-state index contributed by atoms with van der Waals surface area (Å²) in [6.45, 7) is 3.21. The highest BCUT2D eigenvalue weighted by Crippen LogP contribution is 2.29. The highest BCUT2D eigenvalue weighted by molar-refractivity contribution is 5.77. The van der Waals surface area contributed by atoms with Gasteiger partial charge in [0.25, 0.3) is 0 Å². The van der Waals surface area contributed by atoms with E-state index in [1.807, 2.05) is 11.9 Å². The van der Waals surface area contributed by atoms with Crippen LogP contribution in [0, 0.1) is 5.92 Å². The van der Waals surface area contributed by atoms with E-state index in [1.54, 1.807) is 0 Å². The predicted molar refractivity (Wildman–Crippen MR) is 62.2 cm³/mol. The van der Waals surface area contributed by atoms with Crippen LogP contribution in [0.3, 0.4) is 0 Å². The number of ether oxygens (including phenoxy) is 1. The van der Waals surface area contributed by atoms with Gasteiger partial charge in [-0.1, -0.05) is 0 Å². The van der Waals surface area contributed by atoms with Gasteiger partial charge in [-0.3, -0.25) is 4.79 Å². The minimum atomic E-state index is 0.176. The molecule has 0 aromatic heterocycles. The SMILES string of the molecule is CNCC1CC(OCC(=O)N2CCCC2)C1. The first-order valence-corrected chi connectivity index (χ1v) is 6.33. The Kier molecular flexibility index (Phi) is 4.18. The van der Waals surface area contributed by atoms with Crippen LogP contribution in [0.4, 0.5) is 0 Å². The van der Waals surface area contributed by atoms with Crippen molar-refractivity contribution in [3.63, 3.8) is 0 Å².